The van der Waals surface area contributed by atoms with Gasteiger partial charge in [0.1, 0.15) is 5.82 Å². The lowest BCUT2D eigenvalue weighted by Gasteiger charge is -2.12. The minimum absolute atomic E-state index is 0.149. The maximum absolute atomic E-state index is 10.6. The van der Waals surface area contributed by atoms with Crippen molar-refractivity contribution < 1.29 is 8.42 Å². The second-order valence-corrected chi connectivity index (χ2v) is 5.21. The smallest absolute Gasteiger partial charge is 0.224 e. The van der Waals surface area contributed by atoms with E-state index in [0.29, 0.717) is 5.82 Å². The molecule has 0 aliphatic heterocycles. The molecule has 0 saturated heterocycles. The Bertz CT molecular complexity index is 683. The van der Waals surface area contributed by atoms with E-state index in [2.05, 4.69) is 20.0 Å². The number of thiol groups is 1. The number of para-hydroxylation sites is 1. The monoisotopic (exact) mass is 312 g/mol. The number of aromatic nitrogens is 2. The summed E-state index contributed by atoms with van der Waals surface area (Å²) < 4.78 is 23.6. The van der Waals surface area contributed by atoms with Crippen molar-refractivity contribution in [2.45, 2.75) is 13.5 Å². The highest BCUT2D eigenvalue weighted by Crippen LogP contribution is 2.22. The highest BCUT2D eigenvalue weighted by Gasteiger charge is 2.06. The molecule has 106 valence electrons. The third-order valence-corrected chi connectivity index (χ3v) is 3.21. The van der Waals surface area contributed by atoms with Gasteiger partial charge in [-0.05, 0) is 30.2 Å². The summed E-state index contributed by atoms with van der Waals surface area (Å²) in [4.78, 5) is 7.99. The van der Waals surface area contributed by atoms with Gasteiger partial charge in [0.05, 0.1) is 0 Å². The molecule has 2 N–H and O–H groups in total. The number of hydrogen-bond acceptors (Lipinski definition) is 5. The predicted octanol–water partition coefficient (Wildman–Crippen LogP) is 1.80. The summed E-state index contributed by atoms with van der Waals surface area (Å²) >= 11 is 5.77. The number of nitrogens with one attached hydrogen (secondary N) is 2. The van der Waals surface area contributed by atoms with E-state index in [0.717, 1.165) is 16.8 Å². The molecule has 20 heavy (non-hydrogen) atoms. The first-order valence-electron chi connectivity index (χ1n) is 5.78. The fourth-order valence-electron chi connectivity index (χ4n) is 1.62. The first-order chi connectivity index (χ1) is 9.56. The minimum Gasteiger partial charge on any atom is -0.340 e. The molecule has 1 aromatic heterocycles. The number of anilines is 2. The van der Waals surface area contributed by atoms with E-state index in [-0.39, 0.29) is 11.8 Å². The fraction of sp³-hybridized carbons (Fsp3) is 0.167. The molecule has 0 atom stereocenters. The molecular weight excluding hydrogens is 300 g/mol. The Kier molecular flexibility index (Phi) is 4.89. The Hall–Kier alpha value is -1.70. The van der Waals surface area contributed by atoms with Gasteiger partial charge in [0, 0.05) is 24.0 Å². The zero-order valence-electron chi connectivity index (χ0n) is 10.6. The molecular formula is C12H13ClN4O2S. The van der Waals surface area contributed by atoms with Gasteiger partial charge in [0.25, 0.3) is 0 Å². The van der Waals surface area contributed by atoms with Gasteiger partial charge in [-0.2, -0.15) is 0 Å². The summed E-state index contributed by atoms with van der Waals surface area (Å²) in [5.41, 5.74) is 2.41. The molecule has 0 fully saturated rings. The van der Waals surface area contributed by atoms with Gasteiger partial charge in [-0.15, -0.1) is 0 Å². The fourth-order valence-corrected chi connectivity index (χ4v) is 2.05. The van der Waals surface area contributed by atoms with Gasteiger partial charge < -0.3 is 5.32 Å². The molecule has 6 nitrogen and oxygen atoms in total. The Balaban J connectivity index is 2.26. The van der Waals surface area contributed by atoms with Crippen molar-refractivity contribution in [3.8, 4) is 0 Å². The molecule has 0 spiro atoms. The van der Waals surface area contributed by atoms with E-state index >= 15 is 0 Å². The number of benzene rings is 1. The lowest BCUT2D eigenvalue weighted by Crippen LogP contribution is -2.12. The Morgan fingerprint density at radius 1 is 1.30 bits per heavy atom. The molecule has 0 bridgehead atoms. The van der Waals surface area contributed by atoms with E-state index in [1.54, 1.807) is 6.20 Å². The van der Waals surface area contributed by atoms with Crippen LogP contribution in [0.3, 0.4) is 0 Å². The van der Waals surface area contributed by atoms with Gasteiger partial charge >= 0.3 is 0 Å². The topological polar surface area (TPSA) is 84.0 Å². The maximum atomic E-state index is 10.6. The summed E-state index contributed by atoms with van der Waals surface area (Å²) in [6.45, 7) is 2.06. The maximum Gasteiger partial charge on any atom is 0.224 e. The Morgan fingerprint density at radius 3 is 2.80 bits per heavy atom. The third kappa shape index (κ3) is 3.89. The molecule has 2 rings (SSSR count). The Labute approximate surface area is 123 Å². The lowest BCUT2D eigenvalue weighted by atomic mass is 10.1. The first-order valence-corrected chi connectivity index (χ1v) is 7.34. The lowest BCUT2D eigenvalue weighted by molar-refractivity contribution is 0.601. The van der Waals surface area contributed by atoms with E-state index in [9.17, 15) is 8.42 Å². The van der Waals surface area contributed by atoms with Crippen LogP contribution in [0.1, 0.15) is 11.1 Å². The van der Waals surface area contributed by atoms with Gasteiger partial charge in [0.15, 0.2) is 0 Å². The van der Waals surface area contributed by atoms with Gasteiger partial charge in [0.2, 0.25) is 16.2 Å². The van der Waals surface area contributed by atoms with Crippen LogP contribution in [-0.4, -0.2) is 18.4 Å². The summed E-state index contributed by atoms with van der Waals surface area (Å²) in [5, 5.41) is 3.28. The van der Waals surface area contributed by atoms with Crippen molar-refractivity contribution in [2.75, 3.05) is 5.32 Å². The standard InChI is InChI=1S/C12H13ClN4O2S/c1-8-6-14-12(13)17-11(8)16-10-5-3-2-4-9(10)7-15-20(18)19/h2-6,20H,7H2,1H3,(H,14,16,17)(H,15,18,19). The van der Waals surface area contributed by atoms with Crippen LogP contribution in [0, 0.1) is 6.92 Å². The molecule has 0 saturated carbocycles. The molecule has 8 heteroatoms. The van der Waals surface area contributed by atoms with Crippen molar-refractivity contribution >= 4 is 34.0 Å². The average molecular weight is 313 g/mol. The minimum atomic E-state index is -2.63. The number of aryl methyl sites for hydroxylation is 1. The normalized spacial score (nSPS) is 10.8. The third-order valence-electron chi connectivity index (χ3n) is 2.61. The summed E-state index contributed by atoms with van der Waals surface area (Å²) in [6.07, 6.45) is 1.62. The molecule has 0 radical (unpaired) electrons. The van der Waals surface area contributed by atoms with Crippen LogP contribution in [0.4, 0.5) is 11.5 Å². The van der Waals surface area contributed by atoms with Crippen LogP contribution in [0.5, 0.6) is 0 Å². The SMILES string of the molecule is Cc1cnc(Cl)nc1Nc1ccccc1CN[SH](=O)=O. The first kappa shape index (κ1) is 14.7. The summed E-state index contributed by atoms with van der Waals surface area (Å²) in [5.74, 6) is 0.587. The number of halogens is 1. The second kappa shape index (κ2) is 6.65. The zero-order chi connectivity index (χ0) is 14.5. The van der Waals surface area contributed by atoms with Gasteiger partial charge in [-0.3, -0.25) is 0 Å². The van der Waals surface area contributed by atoms with Crippen molar-refractivity contribution in [2.24, 2.45) is 0 Å². The second-order valence-electron chi connectivity index (χ2n) is 4.04. The molecule has 0 aliphatic carbocycles. The van der Waals surface area contributed by atoms with E-state index in [1.165, 1.54) is 0 Å². The van der Waals surface area contributed by atoms with Crippen LogP contribution in [0.15, 0.2) is 30.5 Å². The predicted molar refractivity (Wildman–Crippen MR) is 78.7 cm³/mol. The van der Waals surface area contributed by atoms with Gasteiger partial charge in [-0.25, -0.2) is 23.1 Å². The van der Waals surface area contributed by atoms with Crippen molar-refractivity contribution in [1.29, 1.82) is 0 Å². The summed E-state index contributed by atoms with van der Waals surface area (Å²) in [7, 11) is -2.63. The average Bonchev–Trinajstić information content (AvgIpc) is 2.42. The number of hydrogen-bond donors (Lipinski definition) is 3. The van der Waals surface area contributed by atoms with Crippen molar-refractivity contribution in [1.82, 2.24) is 14.7 Å². The quantitative estimate of drug-likeness (QED) is 0.579. The molecule has 2 aromatic rings. The van der Waals surface area contributed by atoms with Crippen LogP contribution in [0.25, 0.3) is 0 Å². The molecule has 1 heterocycles. The molecule has 0 unspecified atom stereocenters. The van der Waals surface area contributed by atoms with Crippen molar-refractivity contribution in [3.63, 3.8) is 0 Å². The van der Waals surface area contributed by atoms with Crippen LogP contribution in [0.2, 0.25) is 5.28 Å². The van der Waals surface area contributed by atoms with Gasteiger partial charge in [-0.1, -0.05) is 18.2 Å². The number of rotatable bonds is 5. The van der Waals surface area contributed by atoms with E-state index in [4.69, 9.17) is 11.6 Å². The van der Waals surface area contributed by atoms with Crippen LogP contribution < -0.4 is 10.0 Å². The zero-order valence-corrected chi connectivity index (χ0v) is 12.3. The largest absolute Gasteiger partial charge is 0.340 e. The Morgan fingerprint density at radius 2 is 2.05 bits per heavy atom. The van der Waals surface area contributed by atoms with Crippen molar-refractivity contribution in [3.05, 3.63) is 46.9 Å². The number of nitrogens with zero attached hydrogens (tertiary/aromatic N) is 2. The molecule has 0 aliphatic rings. The highest BCUT2D eigenvalue weighted by molar-refractivity contribution is 7.70. The summed E-state index contributed by atoms with van der Waals surface area (Å²) in [6, 6.07) is 7.34. The molecule has 1 aromatic carbocycles. The van der Waals surface area contributed by atoms with E-state index in [1.807, 2.05) is 31.2 Å². The van der Waals surface area contributed by atoms with E-state index < -0.39 is 10.9 Å². The molecule has 0 amide bonds. The van der Waals surface area contributed by atoms with Crippen LogP contribution in [-0.2, 0) is 17.4 Å². The highest BCUT2D eigenvalue weighted by atomic mass is 35.5. The van der Waals surface area contributed by atoms with Crippen LogP contribution >= 0.6 is 11.6 Å².